The predicted molar refractivity (Wildman–Crippen MR) is 52.2 cm³/mol. The molecule has 1 aromatic rings. The monoisotopic (exact) mass is 311 g/mol. The zero-order chi connectivity index (χ0) is 7.56. The van der Waals surface area contributed by atoms with Crippen LogP contribution < -0.4 is 4.74 Å². The second-order valence-electron chi connectivity index (χ2n) is 1.70. The van der Waals surface area contributed by atoms with Gasteiger partial charge >= 0.3 is 0 Å². The summed E-state index contributed by atoms with van der Waals surface area (Å²) in [6.07, 6.45) is 0. The fourth-order valence-electron chi connectivity index (χ4n) is 0.584. The fraction of sp³-hybridized carbons (Fsp3) is 0.143. The van der Waals surface area contributed by atoms with Crippen LogP contribution in [0.3, 0.4) is 0 Å². The van der Waals surface area contributed by atoms with Gasteiger partial charge in [-0.2, -0.15) is 0 Å². The number of methoxy groups -OCH3 is 1. The van der Waals surface area contributed by atoms with Crippen LogP contribution in [0.1, 0.15) is 0 Å². The standard InChI is InChI=1S/C7H5BrIO/c1-10-7-3-2-5(8)4-6(7)9/h3-4H,1H3. The van der Waals surface area contributed by atoms with Crippen LogP contribution in [0.5, 0.6) is 5.75 Å². The van der Waals surface area contributed by atoms with E-state index in [-0.39, 0.29) is 0 Å². The number of rotatable bonds is 1. The fourth-order valence-corrected chi connectivity index (χ4v) is 2.04. The van der Waals surface area contributed by atoms with Crippen LogP contribution in [0.15, 0.2) is 16.6 Å². The Labute approximate surface area is 82.0 Å². The summed E-state index contributed by atoms with van der Waals surface area (Å²) in [5.41, 5.74) is 0. The molecule has 3 heteroatoms. The molecule has 0 saturated carbocycles. The van der Waals surface area contributed by atoms with Crippen molar-refractivity contribution in [2.45, 2.75) is 0 Å². The van der Waals surface area contributed by atoms with Crippen LogP contribution in [-0.2, 0) is 0 Å². The summed E-state index contributed by atoms with van der Waals surface area (Å²) in [5, 5.41) is 0. The second-order valence-corrected chi connectivity index (χ2v) is 3.71. The van der Waals surface area contributed by atoms with Crippen LogP contribution in [0.2, 0.25) is 0 Å². The Balaban J connectivity index is 3.07. The van der Waals surface area contributed by atoms with Gasteiger partial charge in [-0.25, -0.2) is 0 Å². The highest BCUT2D eigenvalue weighted by Gasteiger charge is 1.97. The molecule has 1 nitrogen and oxygen atoms in total. The molecule has 0 spiro atoms. The molecule has 10 heavy (non-hydrogen) atoms. The van der Waals surface area contributed by atoms with Crippen molar-refractivity contribution in [3.63, 3.8) is 0 Å². The SMILES string of the molecule is COc1c[c]c(Br)cc1I. The van der Waals surface area contributed by atoms with Gasteiger partial charge in [-0.05, 0) is 34.7 Å². The zero-order valence-corrected chi connectivity index (χ0v) is 9.06. The Morgan fingerprint density at radius 1 is 1.70 bits per heavy atom. The quantitative estimate of drug-likeness (QED) is 0.725. The Kier molecular flexibility index (Phi) is 2.97. The summed E-state index contributed by atoms with van der Waals surface area (Å²) < 4.78 is 7.09. The largest absolute Gasteiger partial charge is 0.496 e. The van der Waals surface area contributed by atoms with Crippen molar-refractivity contribution in [3.05, 3.63) is 26.2 Å². The van der Waals surface area contributed by atoms with Crippen LogP contribution >= 0.6 is 38.5 Å². The van der Waals surface area contributed by atoms with Crippen LogP contribution in [-0.4, -0.2) is 7.11 Å². The van der Waals surface area contributed by atoms with E-state index >= 15 is 0 Å². The number of ether oxygens (including phenoxy) is 1. The molecule has 0 atom stereocenters. The van der Waals surface area contributed by atoms with E-state index < -0.39 is 0 Å². The van der Waals surface area contributed by atoms with Crippen molar-refractivity contribution in [3.8, 4) is 5.75 Å². The van der Waals surface area contributed by atoms with Crippen molar-refractivity contribution < 1.29 is 4.74 Å². The minimum absolute atomic E-state index is 0.865. The van der Waals surface area contributed by atoms with Gasteiger partial charge in [0.2, 0.25) is 0 Å². The summed E-state index contributed by atoms with van der Waals surface area (Å²) in [6.45, 7) is 0. The molecule has 0 aliphatic rings. The highest BCUT2D eigenvalue weighted by atomic mass is 127. The molecule has 0 bridgehead atoms. The lowest BCUT2D eigenvalue weighted by Gasteiger charge is -2.00. The van der Waals surface area contributed by atoms with E-state index in [0.29, 0.717) is 0 Å². The summed E-state index contributed by atoms with van der Waals surface area (Å²) in [6, 6.07) is 6.75. The van der Waals surface area contributed by atoms with E-state index in [0.717, 1.165) is 13.8 Å². The van der Waals surface area contributed by atoms with Crippen molar-refractivity contribution in [1.29, 1.82) is 0 Å². The highest BCUT2D eigenvalue weighted by Crippen LogP contribution is 2.23. The van der Waals surface area contributed by atoms with E-state index in [9.17, 15) is 0 Å². The Morgan fingerprint density at radius 3 is 2.90 bits per heavy atom. The molecule has 1 aromatic carbocycles. The predicted octanol–water partition coefficient (Wildman–Crippen LogP) is 2.86. The van der Waals surface area contributed by atoms with Gasteiger partial charge in [0.15, 0.2) is 0 Å². The third kappa shape index (κ3) is 1.85. The van der Waals surface area contributed by atoms with Crippen LogP contribution in [0.25, 0.3) is 0 Å². The molecular weight excluding hydrogens is 307 g/mol. The van der Waals surface area contributed by atoms with E-state index in [1.54, 1.807) is 7.11 Å². The van der Waals surface area contributed by atoms with E-state index in [2.05, 4.69) is 44.6 Å². The molecule has 1 rings (SSSR count). The Hall–Kier alpha value is 0.230. The minimum atomic E-state index is 0.865. The van der Waals surface area contributed by atoms with Crippen molar-refractivity contribution in [2.75, 3.05) is 7.11 Å². The van der Waals surface area contributed by atoms with Gasteiger partial charge in [-0.1, -0.05) is 15.9 Å². The molecule has 0 fully saturated rings. The maximum Gasteiger partial charge on any atom is 0.132 e. The lowest BCUT2D eigenvalue weighted by Crippen LogP contribution is -1.85. The topological polar surface area (TPSA) is 9.23 Å². The van der Waals surface area contributed by atoms with Crippen molar-refractivity contribution in [1.82, 2.24) is 0 Å². The summed E-state index contributed by atoms with van der Waals surface area (Å²) in [5.74, 6) is 0.865. The molecular formula is C7H5BrIO. The van der Waals surface area contributed by atoms with Gasteiger partial charge in [0, 0.05) is 10.5 Å². The van der Waals surface area contributed by atoms with E-state index in [4.69, 9.17) is 4.74 Å². The normalized spacial score (nSPS) is 9.50. The lowest BCUT2D eigenvalue weighted by molar-refractivity contribution is 0.411. The second kappa shape index (κ2) is 3.57. The molecule has 0 N–H and O–H groups in total. The molecule has 0 aliphatic heterocycles. The Morgan fingerprint density at radius 2 is 2.40 bits per heavy atom. The third-order valence-corrected chi connectivity index (χ3v) is 2.35. The lowest BCUT2D eigenvalue weighted by atomic mass is 10.3. The third-order valence-electron chi connectivity index (χ3n) is 1.05. The summed E-state index contributed by atoms with van der Waals surface area (Å²) >= 11 is 5.52. The first-order valence-electron chi connectivity index (χ1n) is 2.65. The summed E-state index contributed by atoms with van der Waals surface area (Å²) in [4.78, 5) is 0. The molecule has 0 unspecified atom stereocenters. The van der Waals surface area contributed by atoms with Gasteiger partial charge in [0.05, 0.1) is 10.7 Å². The maximum atomic E-state index is 5.04. The van der Waals surface area contributed by atoms with Gasteiger partial charge in [0.25, 0.3) is 0 Å². The van der Waals surface area contributed by atoms with Crippen LogP contribution in [0, 0.1) is 9.64 Å². The molecule has 0 saturated heterocycles. The average Bonchev–Trinajstić information content (AvgIpc) is 1.88. The maximum absolute atomic E-state index is 5.04. The number of hydrogen-bond acceptors (Lipinski definition) is 1. The van der Waals surface area contributed by atoms with Gasteiger partial charge in [-0.3, -0.25) is 0 Å². The number of halogens is 2. The first kappa shape index (κ1) is 8.33. The smallest absolute Gasteiger partial charge is 0.132 e. The molecule has 1 radical (unpaired) electrons. The first-order valence-corrected chi connectivity index (χ1v) is 4.52. The molecule has 0 amide bonds. The van der Waals surface area contributed by atoms with Crippen molar-refractivity contribution in [2.24, 2.45) is 0 Å². The average molecular weight is 312 g/mol. The van der Waals surface area contributed by atoms with E-state index in [1.807, 2.05) is 12.1 Å². The zero-order valence-electron chi connectivity index (χ0n) is 5.32. The van der Waals surface area contributed by atoms with Crippen molar-refractivity contribution >= 4 is 38.5 Å². The van der Waals surface area contributed by atoms with E-state index in [1.165, 1.54) is 0 Å². The summed E-state index contributed by atoms with van der Waals surface area (Å²) in [7, 11) is 1.65. The Bertz CT molecular complexity index is 237. The molecule has 53 valence electrons. The molecule has 0 heterocycles. The first-order chi connectivity index (χ1) is 4.74. The van der Waals surface area contributed by atoms with Crippen LogP contribution in [0.4, 0.5) is 0 Å². The number of benzene rings is 1. The van der Waals surface area contributed by atoms with Gasteiger partial charge in [0.1, 0.15) is 5.75 Å². The molecule has 0 aliphatic carbocycles. The number of hydrogen-bond donors (Lipinski definition) is 0. The highest BCUT2D eigenvalue weighted by molar-refractivity contribution is 14.1. The molecule has 0 aromatic heterocycles. The minimum Gasteiger partial charge on any atom is -0.496 e. The van der Waals surface area contributed by atoms with Gasteiger partial charge < -0.3 is 4.74 Å². The van der Waals surface area contributed by atoms with Gasteiger partial charge in [-0.15, -0.1) is 0 Å².